The van der Waals surface area contributed by atoms with E-state index in [0.717, 1.165) is 19.3 Å². The van der Waals surface area contributed by atoms with E-state index in [1.54, 1.807) is 7.05 Å². The standard InChI is InChI=1S/C14H18Cl2N2O3/c1-8-5-3-4-6-14(8,13(20)21)17-12(19)10-7-9(15)11(16)18(10)2/h7-8H,3-6H2,1-2H3,(H,17,19)(H,20,21). The van der Waals surface area contributed by atoms with Crippen molar-refractivity contribution in [2.75, 3.05) is 0 Å². The molecule has 1 saturated carbocycles. The molecule has 2 rings (SSSR count). The third-order valence-electron chi connectivity index (χ3n) is 4.37. The lowest BCUT2D eigenvalue weighted by Gasteiger charge is -2.39. The Bertz CT molecular complexity index is 585. The summed E-state index contributed by atoms with van der Waals surface area (Å²) in [6.07, 6.45) is 2.97. The molecule has 0 radical (unpaired) electrons. The smallest absolute Gasteiger partial charge is 0.329 e. The van der Waals surface area contributed by atoms with Crippen molar-refractivity contribution in [2.45, 2.75) is 38.1 Å². The van der Waals surface area contributed by atoms with Crippen LogP contribution >= 0.6 is 23.2 Å². The molecule has 21 heavy (non-hydrogen) atoms. The van der Waals surface area contributed by atoms with Crippen LogP contribution in [0.2, 0.25) is 10.2 Å². The number of carboxylic acid groups (broad SMARTS) is 1. The van der Waals surface area contributed by atoms with E-state index in [9.17, 15) is 14.7 Å². The summed E-state index contributed by atoms with van der Waals surface area (Å²) in [7, 11) is 1.61. The van der Waals surface area contributed by atoms with Crippen molar-refractivity contribution in [3.05, 3.63) is 21.9 Å². The maximum absolute atomic E-state index is 12.4. The van der Waals surface area contributed by atoms with Crippen LogP contribution in [0.15, 0.2) is 6.07 Å². The molecule has 7 heteroatoms. The lowest BCUT2D eigenvalue weighted by atomic mass is 9.73. The van der Waals surface area contributed by atoms with Crippen LogP contribution in [0.25, 0.3) is 0 Å². The van der Waals surface area contributed by atoms with Gasteiger partial charge in [0.15, 0.2) is 0 Å². The van der Waals surface area contributed by atoms with Gasteiger partial charge in [0.25, 0.3) is 5.91 Å². The molecule has 0 saturated heterocycles. The Labute approximate surface area is 133 Å². The molecule has 1 heterocycles. The molecule has 2 N–H and O–H groups in total. The zero-order chi connectivity index (χ0) is 15.8. The number of aliphatic carboxylic acids is 1. The van der Waals surface area contributed by atoms with Gasteiger partial charge in [-0.25, -0.2) is 4.79 Å². The summed E-state index contributed by atoms with van der Waals surface area (Å²) < 4.78 is 1.45. The number of hydrogen-bond acceptors (Lipinski definition) is 2. The van der Waals surface area contributed by atoms with Gasteiger partial charge in [0, 0.05) is 7.05 Å². The molecule has 0 spiro atoms. The maximum Gasteiger partial charge on any atom is 0.329 e. The summed E-state index contributed by atoms with van der Waals surface area (Å²) in [5.74, 6) is -1.59. The summed E-state index contributed by atoms with van der Waals surface area (Å²) in [6.45, 7) is 1.86. The summed E-state index contributed by atoms with van der Waals surface area (Å²) in [4.78, 5) is 24.2. The van der Waals surface area contributed by atoms with Gasteiger partial charge in [-0.15, -0.1) is 0 Å². The predicted octanol–water partition coefficient (Wildman–Crippen LogP) is 3.10. The maximum atomic E-state index is 12.4. The first-order valence-corrected chi connectivity index (χ1v) is 7.62. The number of halogens is 2. The molecule has 1 amide bonds. The molecule has 5 nitrogen and oxygen atoms in total. The van der Waals surface area contributed by atoms with Crippen molar-refractivity contribution >= 4 is 35.1 Å². The van der Waals surface area contributed by atoms with E-state index in [4.69, 9.17) is 23.2 Å². The minimum atomic E-state index is -1.22. The highest BCUT2D eigenvalue weighted by molar-refractivity contribution is 6.41. The number of nitrogens with zero attached hydrogens (tertiary/aromatic N) is 1. The highest BCUT2D eigenvalue weighted by Gasteiger charge is 2.46. The fraction of sp³-hybridized carbons (Fsp3) is 0.571. The topological polar surface area (TPSA) is 71.3 Å². The Kier molecular flexibility index (Phi) is 4.54. The van der Waals surface area contributed by atoms with Gasteiger partial charge in [0.05, 0.1) is 5.02 Å². The van der Waals surface area contributed by atoms with E-state index < -0.39 is 17.4 Å². The van der Waals surface area contributed by atoms with Crippen LogP contribution in [0.4, 0.5) is 0 Å². The highest BCUT2D eigenvalue weighted by Crippen LogP contribution is 2.34. The first-order valence-electron chi connectivity index (χ1n) is 6.86. The van der Waals surface area contributed by atoms with Crippen molar-refractivity contribution in [1.29, 1.82) is 0 Å². The van der Waals surface area contributed by atoms with E-state index in [2.05, 4.69) is 5.32 Å². The Balaban J connectivity index is 2.31. The number of carbonyl (C=O) groups is 2. The number of carbonyl (C=O) groups excluding carboxylic acids is 1. The lowest BCUT2D eigenvalue weighted by Crippen LogP contribution is -2.60. The van der Waals surface area contributed by atoms with E-state index in [0.29, 0.717) is 6.42 Å². The molecule has 116 valence electrons. The number of rotatable bonds is 3. The molecule has 1 aromatic rings. The third-order valence-corrected chi connectivity index (χ3v) is 5.21. The molecule has 0 bridgehead atoms. The number of hydrogen-bond donors (Lipinski definition) is 2. The van der Waals surface area contributed by atoms with Crippen LogP contribution in [0, 0.1) is 5.92 Å². The summed E-state index contributed by atoms with van der Waals surface area (Å²) in [5.41, 5.74) is -0.971. The van der Waals surface area contributed by atoms with Gasteiger partial charge in [-0.1, -0.05) is 43.0 Å². The van der Waals surface area contributed by atoms with Gasteiger partial charge in [-0.3, -0.25) is 4.79 Å². The van der Waals surface area contributed by atoms with Crippen molar-refractivity contribution in [1.82, 2.24) is 9.88 Å². The third kappa shape index (κ3) is 2.77. The van der Waals surface area contributed by atoms with Gasteiger partial charge in [-0.2, -0.15) is 0 Å². The normalized spacial score (nSPS) is 25.6. The molecule has 1 aliphatic rings. The Morgan fingerprint density at radius 1 is 1.43 bits per heavy atom. The van der Waals surface area contributed by atoms with Crippen LogP contribution in [0.3, 0.4) is 0 Å². The van der Waals surface area contributed by atoms with Crippen molar-refractivity contribution in [3.63, 3.8) is 0 Å². The van der Waals surface area contributed by atoms with Gasteiger partial charge in [-0.05, 0) is 24.8 Å². The molecular weight excluding hydrogens is 315 g/mol. The molecule has 2 atom stereocenters. The van der Waals surface area contributed by atoms with Gasteiger partial charge >= 0.3 is 5.97 Å². The van der Waals surface area contributed by atoms with Crippen LogP contribution < -0.4 is 5.32 Å². The Morgan fingerprint density at radius 3 is 2.57 bits per heavy atom. The fourth-order valence-electron chi connectivity index (χ4n) is 2.93. The van der Waals surface area contributed by atoms with E-state index >= 15 is 0 Å². The van der Waals surface area contributed by atoms with E-state index in [1.165, 1.54) is 10.6 Å². The van der Waals surface area contributed by atoms with Crippen LogP contribution in [0.1, 0.15) is 43.1 Å². The molecule has 1 fully saturated rings. The first-order chi connectivity index (χ1) is 9.79. The molecule has 0 aliphatic heterocycles. The monoisotopic (exact) mass is 332 g/mol. The Morgan fingerprint density at radius 2 is 2.10 bits per heavy atom. The van der Waals surface area contributed by atoms with E-state index in [1.807, 2.05) is 6.92 Å². The summed E-state index contributed by atoms with van der Waals surface area (Å²) >= 11 is 11.8. The second-order valence-electron chi connectivity index (χ2n) is 5.60. The minimum Gasteiger partial charge on any atom is -0.479 e. The zero-order valence-electron chi connectivity index (χ0n) is 11.9. The van der Waals surface area contributed by atoms with Gasteiger partial charge in [0.1, 0.15) is 16.4 Å². The molecule has 2 unspecified atom stereocenters. The average molecular weight is 333 g/mol. The number of carboxylic acids is 1. The summed E-state index contributed by atoms with van der Waals surface area (Å²) in [6, 6.07) is 1.45. The number of nitrogens with one attached hydrogen (secondary N) is 1. The molecule has 1 aromatic heterocycles. The van der Waals surface area contributed by atoms with Gasteiger partial charge < -0.3 is 15.0 Å². The highest BCUT2D eigenvalue weighted by atomic mass is 35.5. The first kappa shape index (κ1) is 16.2. The molecule has 1 aliphatic carbocycles. The largest absolute Gasteiger partial charge is 0.479 e. The van der Waals surface area contributed by atoms with E-state index in [-0.39, 0.29) is 21.8 Å². The quantitative estimate of drug-likeness (QED) is 0.893. The lowest BCUT2D eigenvalue weighted by molar-refractivity contribution is -0.148. The minimum absolute atomic E-state index is 0.126. The van der Waals surface area contributed by atoms with Crippen molar-refractivity contribution < 1.29 is 14.7 Å². The Hall–Kier alpha value is -1.20. The second-order valence-corrected chi connectivity index (χ2v) is 6.37. The van der Waals surface area contributed by atoms with Crippen molar-refractivity contribution in [2.24, 2.45) is 13.0 Å². The van der Waals surface area contributed by atoms with Crippen LogP contribution in [0.5, 0.6) is 0 Å². The van der Waals surface area contributed by atoms with Crippen LogP contribution in [-0.4, -0.2) is 27.1 Å². The van der Waals surface area contributed by atoms with Gasteiger partial charge in [0.2, 0.25) is 0 Å². The molecule has 0 aromatic carbocycles. The predicted molar refractivity (Wildman–Crippen MR) is 80.9 cm³/mol. The average Bonchev–Trinajstić information content (AvgIpc) is 2.69. The zero-order valence-corrected chi connectivity index (χ0v) is 13.5. The van der Waals surface area contributed by atoms with Crippen molar-refractivity contribution in [3.8, 4) is 0 Å². The number of aromatic nitrogens is 1. The molecular formula is C14H18Cl2N2O3. The summed E-state index contributed by atoms with van der Waals surface area (Å²) in [5, 5.41) is 12.8. The van der Waals surface area contributed by atoms with Crippen LogP contribution in [-0.2, 0) is 11.8 Å². The second kappa shape index (κ2) is 5.89. The fourth-order valence-corrected chi connectivity index (χ4v) is 3.31. The number of amides is 1. The SMILES string of the molecule is CC1CCCCC1(NC(=O)c1cc(Cl)c(Cl)n1C)C(=O)O.